The first-order valence-corrected chi connectivity index (χ1v) is 13.4. The molecule has 0 spiro atoms. The van der Waals surface area contributed by atoms with Crippen molar-refractivity contribution in [2.75, 3.05) is 13.1 Å². The number of ether oxygens (including phenoxy) is 1. The van der Waals surface area contributed by atoms with Crippen molar-refractivity contribution in [3.8, 4) is 0 Å². The van der Waals surface area contributed by atoms with Gasteiger partial charge in [0.2, 0.25) is 5.91 Å². The standard InChI is InChI=1S/C29H40N4O6/c1-18-8-6-12-30-25(36)11-10-19(2)26(29(3,4)5)39-28(38)23-9-7-13-33(23)27(37)22-17-31-24(32-22)16-21(35)15-20(34)14-18/h6,8,10-11,14,17,19-20,23,26,34H,7,9,12-13,15-16H2,1-5H3,(H,30,36)(H,31,32)/b8-6?,11-10+,18-14?/t19-,20-,23-,26+/m1/s1. The smallest absolute Gasteiger partial charge is 0.329 e. The molecule has 1 aromatic rings. The van der Waals surface area contributed by atoms with Gasteiger partial charge in [0.25, 0.3) is 5.91 Å². The van der Waals surface area contributed by atoms with Gasteiger partial charge in [-0.25, -0.2) is 9.78 Å². The van der Waals surface area contributed by atoms with E-state index >= 15 is 0 Å². The number of aromatic nitrogens is 2. The molecule has 0 radical (unpaired) electrons. The number of nitrogens with zero attached hydrogens (tertiary/aromatic N) is 2. The lowest BCUT2D eigenvalue weighted by atomic mass is 9.81. The first kappa shape index (κ1) is 30.0. The van der Waals surface area contributed by atoms with Crippen LogP contribution in [-0.4, -0.2) is 74.9 Å². The van der Waals surface area contributed by atoms with Crippen LogP contribution in [-0.2, 0) is 25.5 Å². The molecule has 0 aliphatic carbocycles. The Morgan fingerprint density at radius 1 is 1.15 bits per heavy atom. The molecule has 2 aliphatic rings. The topological polar surface area (TPSA) is 142 Å². The Morgan fingerprint density at radius 2 is 1.90 bits per heavy atom. The van der Waals surface area contributed by atoms with Crippen LogP contribution in [0.1, 0.15) is 70.2 Å². The van der Waals surface area contributed by atoms with Crippen LogP contribution in [0.15, 0.2) is 42.2 Å². The molecule has 2 bridgehead atoms. The van der Waals surface area contributed by atoms with Crippen LogP contribution in [0.5, 0.6) is 0 Å². The third kappa shape index (κ3) is 8.48. The Morgan fingerprint density at radius 3 is 2.62 bits per heavy atom. The molecule has 1 aromatic heterocycles. The average molecular weight is 541 g/mol. The lowest BCUT2D eigenvalue weighted by Crippen LogP contribution is -2.45. The van der Waals surface area contributed by atoms with Crippen LogP contribution >= 0.6 is 0 Å². The molecule has 0 saturated carbocycles. The van der Waals surface area contributed by atoms with Gasteiger partial charge in [0.15, 0.2) is 0 Å². The number of allylic oxidation sites excluding steroid dienone is 2. The Balaban J connectivity index is 1.88. The van der Waals surface area contributed by atoms with Gasteiger partial charge in [0.05, 0.1) is 18.7 Å². The monoisotopic (exact) mass is 540 g/mol. The summed E-state index contributed by atoms with van der Waals surface area (Å²) in [5, 5.41) is 13.1. The highest BCUT2D eigenvalue weighted by atomic mass is 16.5. The van der Waals surface area contributed by atoms with Gasteiger partial charge in [-0.05, 0) is 31.3 Å². The fourth-order valence-electron chi connectivity index (χ4n) is 4.96. The van der Waals surface area contributed by atoms with E-state index in [0.29, 0.717) is 25.2 Å². The second-order valence-electron chi connectivity index (χ2n) is 11.4. The number of amides is 2. The van der Waals surface area contributed by atoms with Crippen molar-refractivity contribution in [3.63, 3.8) is 0 Å². The van der Waals surface area contributed by atoms with Gasteiger partial charge in [-0.1, -0.05) is 57.6 Å². The number of nitrogens with one attached hydrogen (secondary N) is 2. The average Bonchev–Trinajstić information content (AvgIpc) is 3.51. The van der Waals surface area contributed by atoms with Crippen LogP contribution in [0.2, 0.25) is 0 Å². The van der Waals surface area contributed by atoms with Gasteiger partial charge in [0, 0.05) is 25.4 Å². The summed E-state index contributed by atoms with van der Waals surface area (Å²) in [6, 6.07) is -0.742. The van der Waals surface area contributed by atoms with Gasteiger partial charge in [-0.3, -0.25) is 14.4 Å². The second kappa shape index (κ2) is 13.0. The van der Waals surface area contributed by atoms with Gasteiger partial charge in [-0.2, -0.15) is 0 Å². The van der Waals surface area contributed by atoms with E-state index in [1.165, 1.54) is 17.2 Å². The van der Waals surface area contributed by atoms with Crippen LogP contribution in [0.4, 0.5) is 0 Å². The number of esters is 1. The number of hydrogen-bond donors (Lipinski definition) is 3. The molecule has 3 rings (SSSR count). The molecular formula is C29H40N4O6. The minimum absolute atomic E-state index is 0.0667. The molecule has 1 saturated heterocycles. The molecule has 2 aliphatic heterocycles. The summed E-state index contributed by atoms with van der Waals surface area (Å²) >= 11 is 0. The van der Waals surface area contributed by atoms with Crippen molar-refractivity contribution in [1.82, 2.24) is 20.2 Å². The lowest BCUT2D eigenvalue weighted by molar-refractivity contribution is -0.162. The maximum absolute atomic E-state index is 13.3. The molecule has 10 heteroatoms. The number of aliphatic hydroxyl groups is 1. The number of carbonyl (C=O) groups excluding carboxylic acids is 4. The summed E-state index contributed by atoms with van der Waals surface area (Å²) in [6.45, 7) is 10.2. The first-order valence-electron chi connectivity index (χ1n) is 13.4. The number of aliphatic hydroxyl groups excluding tert-OH is 1. The van der Waals surface area contributed by atoms with Gasteiger partial charge in [-0.15, -0.1) is 0 Å². The number of carbonyl (C=O) groups is 4. The summed E-state index contributed by atoms with van der Waals surface area (Å²) in [5.41, 5.74) is 0.511. The summed E-state index contributed by atoms with van der Waals surface area (Å²) in [7, 11) is 0. The molecule has 2 amide bonds. The number of hydrogen-bond acceptors (Lipinski definition) is 7. The maximum atomic E-state index is 13.3. The minimum Gasteiger partial charge on any atom is -0.460 e. The predicted octanol–water partition coefficient (Wildman–Crippen LogP) is 2.66. The van der Waals surface area contributed by atoms with Crippen molar-refractivity contribution in [2.45, 2.75) is 78.6 Å². The molecule has 1 fully saturated rings. The molecule has 212 valence electrons. The largest absolute Gasteiger partial charge is 0.460 e. The number of imidazole rings is 1. The van der Waals surface area contributed by atoms with Crippen LogP contribution in [0.25, 0.3) is 0 Å². The Labute approximate surface area is 229 Å². The number of ketones is 1. The zero-order chi connectivity index (χ0) is 28.7. The highest BCUT2D eigenvalue weighted by Crippen LogP contribution is 2.31. The SMILES string of the molecule is CC1=C[C@@H](O)CC(=O)Cc2ncc([nH]2)C(=O)N2CCC[C@@H]2C(=O)O[C@H](C(C)(C)C)[C@H](C)/C=C/C(=O)NCC=C1. The summed E-state index contributed by atoms with van der Waals surface area (Å²) < 4.78 is 6.00. The highest BCUT2D eigenvalue weighted by molar-refractivity contribution is 5.95. The normalized spacial score (nSPS) is 27.4. The fourth-order valence-corrected chi connectivity index (χ4v) is 4.96. The van der Waals surface area contributed by atoms with E-state index in [2.05, 4.69) is 15.3 Å². The number of rotatable bonds is 0. The Bertz CT molecular complexity index is 1160. The van der Waals surface area contributed by atoms with Crippen LogP contribution in [0, 0.1) is 11.3 Å². The van der Waals surface area contributed by atoms with Gasteiger partial charge < -0.3 is 25.0 Å². The van der Waals surface area contributed by atoms with Crippen molar-refractivity contribution in [1.29, 1.82) is 0 Å². The highest BCUT2D eigenvalue weighted by Gasteiger charge is 2.40. The quantitative estimate of drug-likeness (QED) is 0.430. The van der Waals surface area contributed by atoms with E-state index in [9.17, 15) is 24.3 Å². The van der Waals surface area contributed by atoms with Crippen LogP contribution in [0.3, 0.4) is 0 Å². The van der Waals surface area contributed by atoms with E-state index < -0.39 is 29.6 Å². The van der Waals surface area contributed by atoms with Crippen molar-refractivity contribution >= 4 is 23.6 Å². The zero-order valence-corrected chi connectivity index (χ0v) is 23.4. The molecular weight excluding hydrogens is 500 g/mol. The maximum Gasteiger partial charge on any atom is 0.329 e. The second-order valence-corrected chi connectivity index (χ2v) is 11.4. The van der Waals surface area contributed by atoms with Crippen molar-refractivity contribution in [3.05, 3.63) is 53.7 Å². The third-order valence-corrected chi connectivity index (χ3v) is 6.80. The Kier molecular flexibility index (Phi) is 10.0. The Hall–Kier alpha value is -3.53. The van der Waals surface area contributed by atoms with E-state index in [0.717, 1.165) is 5.57 Å². The molecule has 39 heavy (non-hydrogen) atoms. The third-order valence-electron chi connectivity index (χ3n) is 6.80. The first-order chi connectivity index (χ1) is 18.3. The predicted molar refractivity (Wildman–Crippen MR) is 146 cm³/mol. The van der Waals surface area contributed by atoms with Crippen molar-refractivity contribution in [2.24, 2.45) is 11.3 Å². The van der Waals surface area contributed by atoms with Gasteiger partial charge >= 0.3 is 5.97 Å². The van der Waals surface area contributed by atoms with Crippen LogP contribution < -0.4 is 5.32 Å². The van der Waals surface area contributed by atoms with E-state index in [1.807, 2.05) is 27.7 Å². The number of fused-ring (bicyclic) bond motifs is 3. The molecule has 3 heterocycles. The lowest BCUT2D eigenvalue weighted by Gasteiger charge is -2.35. The van der Waals surface area contributed by atoms with E-state index in [4.69, 9.17) is 4.74 Å². The zero-order valence-electron chi connectivity index (χ0n) is 23.4. The number of H-pyrrole nitrogens is 1. The molecule has 4 atom stereocenters. The molecule has 3 N–H and O–H groups in total. The number of cyclic esters (lactones) is 1. The number of Topliss-reactive ketones (excluding diaryl/α,β-unsaturated/α-hetero) is 1. The molecule has 0 unspecified atom stereocenters. The van der Waals surface area contributed by atoms with E-state index in [1.54, 1.807) is 31.2 Å². The fraction of sp³-hybridized carbons (Fsp3) is 0.552. The summed E-state index contributed by atoms with van der Waals surface area (Å²) in [4.78, 5) is 60.0. The van der Waals surface area contributed by atoms with Crippen molar-refractivity contribution < 1.29 is 29.0 Å². The van der Waals surface area contributed by atoms with Gasteiger partial charge in [0.1, 0.15) is 29.4 Å². The number of aromatic amines is 1. The molecule has 10 nitrogen and oxygen atoms in total. The summed E-state index contributed by atoms with van der Waals surface area (Å²) in [5.74, 6) is -1.35. The summed E-state index contributed by atoms with van der Waals surface area (Å²) in [6.07, 6.45) is 9.04. The minimum atomic E-state index is -0.981. The van der Waals surface area contributed by atoms with E-state index in [-0.39, 0.29) is 48.6 Å². The molecule has 0 aromatic carbocycles.